The zero-order valence-corrected chi connectivity index (χ0v) is 11.6. The van der Waals surface area contributed by atoms with E-state index in [2.05, 4.69) is 42.2 Å². The predicted molar refractivity (Wildman–Crippen MR) is 75.1 cm³/mol. The lowest BCUT2D eigenvalue weighted by Crippen LogP contribution is -2.16. The van der Waals surface area contributed by atoms with E-state index in [4.69, 9.17) is 10.5 Å². The maximum Gasteiger partial charge on any atom is 0.233 e. The molecule has 1 unspecified atom stereocenters. The van der Waals surface area contributed by atoms with Gasteiger partial charge in [-0.2, -0.15) is 5.10 Å². The zero-order chi connectivity index (χ0) is 13.8. The molecular formula is C15H19N3O. The Morgan fingerprint density at radius 1 is 1.11 bits per heavy atom. The Labute approximate surface area is 113 Å². The van der Waals surface area contributed by atoms with Crippen molar-refractivity contribution in [1.82, 2.24) is 10.2 Å². The molecule has 100 valence electrons. The second-order valence-corrected chi connectivity index (χ2v) is 4.68. The van der Waals surface area contributed by atoms with Gasteiger partial charge >= 0.3 is 0 Å². The molecule has 0 bridgehead atoms. The molecular weight excluding hydrogens is 238 g/mol. The highest BCUT2D eigenvalue weighted by Gasteiger charge is 2.12. The highest BCUT2D eigenvalue weighted by molar-refractivity contribution is 5.34. The fourth-order valence-electron chi connectivity index (χ4n) is 2.13. The first kappa shape index (κ1) is 13.5. The van der Waals surface area contributed by atoms with E-state index in [9.17, 15) is 0 Å². The molecule has 1 atom stereocenters. The van der Waals surface area contributed by atoms with Crippen molar-refractivity contribution < 1.29 is 4.74 Å². The van der Waals surface area contributed by atoms with Crippen LogP contribution in [0.4, 0.5) is 0 Å². The molecule has 0 saturated heterocycles. The van der Waals surface area contributed by atoms with Gasteiger partial charge in [0, 0.05) is 6.07 Å². The lowest BCUT2D eigenvalue weighted by molar-refractivity contribution is 0.390. The van der Waals surface area contributed by atoms with Crippen molar-refractivity contribution in [1.29, 1.82) is 0 Å². The average molecular weight is 257 g/mol. The number of hydrogen-bond acceptors (Lipinski definition) is 4. The van der Waals surface area contributed by atoms with Gasteiger partial charge in [-0.25, -0.2) is 0 Å². The Bertz CT molecular complexity index is 532. The fourth-order valence-corrected chi connectivity index (χ4v) is 2.13. The van der Waals surface area contributed by atoms with Crippen molar-refractivity contribution in [2.24, 2.45) is 5.73 Å². The van der Waals surface area contributed by atoms with Crippen molar-refractivity contribution in [3.63, 3.8) is 0 Å². The molecule has 4 nitrogen and oxygen atoms in total. The molecule has 0 aliphatic rings. The van der Waals surface area contributed by atoms with Crippen LogP contribution < -0.4 is 10.5 Å². The third-order valence-corrected chi connectivity index (χ3v) is 3.32. The van der Waals surface area contributed by atoms with Gasteiger partial charge in [-0.05, 0) is 43.0 Å². The molecule has 2 N–H and O–H groups in total. The number of rotatable bonds is 4. The van der Waals surface area contributed by atoms with E-state index in [1.165, 1.54) is 16.7 Å². The van der Waals surface area contributed by atoms with Gasteiger partial charge in [-0.1, -0.05) is 18.2 Å². The number of aromatic nitrogens is 2. The van der Waals surface area contributed by atoms with Crippen LogP contribution in [-0.2, 0) is 6.42 Å². The molecule has 1 heterocycles. The molecule has 0 spiro atoms. The van der Waals surface area contributed by atoms with Crippen LogP contribution in [0.1, 0.15) is 28.4 Å². The summed E-state index contributed by atoms with van der Waals surface area (Å²) in [6, 6.07) is 9.77. The zero-order valence-electron chi connectivity index (χ0n) is 11.6. The molecule has 0 saturated carbocycles. The summed E-state index contributed by atoms with van der Waals surface area (Å²) in [5.41, 5.74) is 10.8. The lowest BCUT2D eigenvalue weighted by Gasteiger charge is -2.15. The number of ether oxygens (including phenoxy) is 1. The van der Waals surface area contributed by atoms with Crippen LogP contribution >= 0.6 is 0 Å². The highest BCUT2D eigenvalue weighted by Crippen LogP contribution is 2.20. The maximum atomic E-state index is 6.21. The topological polar surface area (TPSA) is 61.0 Å². The Kier molecular flexibility index (Phi) is 4.12. The van der Waals surface area contributed by atoms with Crippen molar-refractivity contribution in [2.75, 3.05) is 7.11 Å². The lowest BCUT2D eigenvalue weighted by atomic mass is 9.95. The van der Waals surface area contributed by atoms with Gasteiger partial charge in [0.1, 0.15) is 0 Å². The monoisotopic (exact) mass is 257 g/mol. The Hall–Kier alpha value is -1.94. The van der Waals surface area contributed by atoms with Gasteiger partial charge in [-0.15, -0.1) is 5.10 Å². The minimum Gasteiger partial charge on any atom is -0.480 e. The van der Waals surface area contributed by atoms with Crippen LogP contribution in [0, 0.1) is 13.8 Å². The summed E-state index contributed by atoms with van der Waals surface area (Å²) in [6.07, 6.45) is 0.763. The smallest absolute Gasteiger partial charge is 0.233 e. The molecule has 0 fully saturated rings. The van der Waals surface area contributed by atoms with Crippen molar-refractivity contribution in [3.05, 3.63) is 52.7 Å². The number of nitrogens with zero attached hydrogens (tertiary/aromatic N) is 2. The van der Waals surface area contributed by atoms with Gasteiger partial charge in [-0.3, -0.25) is 0 Å². The van der Waals surface area contributed by atoms with Gasteiger partial charge in [0.05, 0.1) is 18.8 Å². The van der Waals surface area contributed by atoms with E-state index in [1.807, 2.05) is 6.07 Å². The van der Waals surface area contributed by atoms with Crippen LogP contribution in [0.15, 0.2) is 30.3 Å². The third-order valence-electron chi connectivity index (χ3n) is 3.32. The summed E-state index contributed by atoms with van der Waals surface area (Å²) in [7, 11) is 1.57. The largest absolute Gasteiger partial charge is 0.480 e. The Balaban J connectivity index is 2.18. The minimum absolute atomic E-state index is 0.154. The van der Waals surface area contributed by atoms with Gasteiger partial charge in [0.25, 0.3) is 0 Å². The van der Waals surface area contributed by atoms with E-state index in [1.54, 1.807) is 13.2 Å². The van der Waals surface area contributed by atoms with Gasteiger partial charge in [0.15, 0.2) is 0 Å². The van der Waals surface area contributed by atoms with Crippen LogP contribution in [0.3, 0.4) is 0 Å². The molecule has 0 amide bonds. The van der Waals surface area contributed by atoms with E-state index in [0.29, 0.717) is 5.88 Å². The molecule has 1 aromatic heterocycles. The van der Waals surface area contributed by atoms with Crippen LogP contribution in [-0.4, -0.2) is 17.3 Å². The first-order chi connectivity index (χ1) is 9.11. The molecule has 2 aromatic rings. The standard InChI is InChI=1S/C15H19N3O/c1-10-5-4-6-11(2)12(10)9-13(16)14-7-8-15(19-3)18-17-14/h4-8,13H,9,16H2,1-3H3. The first-order valence-corrected chi connectivity index (χ1v) is 6.30. The van der Waals surface area contributed by atoms with E-state index >= 15 is 0 Å². The molecule has 0 aliphatic heterocycles. The Morgan fingerprint density at radius 2 is 1.79 bits per heavy atom. The van der Waals surface area contributed by atoms with Gasteiger partial charge in [0.2, 0.25) is 5.88 Å². The summed E-state index contributed by atoms with van der Waals surface area (Å²) in [4.78, 5) is 0. The highest BCUT2D eigenvalue weighted by atomic mass is 16.5. The molecule has 0 radical (unpaired) electrons. The summed E-state index contributed by atoms with van der Waals surface area (Å²) in [6.45, 7) is 4.21. The summed E-state index contributed by atoms with van der Waals surface area (Å²) >= 11 is 0. The van der Waals surface area contributed by atoms with Crippen LogP contribution in [0.5, 0.6) is 5.88 Å². The Morgan fingerprint density at radius 3 is 2.32 bits per heavy atom. The van der Waals surface area contributed by atoms with E-state index in [-0.39, 0.29) is 6.04 Å². The molecule has 1 aromatic carbocycles. The van der Waals surface area contributed by atoms with Gasteiger partial charge < -0.3 is 10.5 Å². The number of nitrogens with two attached hydrogens (primary N) is 1. The number of benzene rings is 1. The summed E-state index contributed by atoms with van der Waals surface area (Å²) in [5, 5.41) is 8.06. The fraction of sp³-hybridized carbons (Fsp3) is 0.333. The predicted octanol–water partition coefficient (Wildman–Crippen LogP) is 2.34. The summed E-state index contributed by atoms with van der Waals surface area (Å²) in [5.74, 6) is 0.503. The van der Waals surface area contributed by atoms with E-state index in [0.717, 1.165) is 12.1 Å². The van der Waals surface area contributed by atoms with Crippen molar-refractivity contribution >= 4 is 0 Å². The molecule has 4 heteroatoms. The number of aryl methyl sites for hydroxylation is 2. The average Bonchev–Trinajstić information content (AvgIpc) is 2.43. The second kappa shape index (κ2) is 5.80. The summed E-state index contributed by atoms with van der Waals surface area (Å²) < 4.78 is 4.99. The SMILES string of the molecule is COc1ccc(C(N)Cc2c(C)cccc2C)nn1. The molecule has 19 heavy (non-hydrogen) atoms. The minimum atomic E-state index is -0.154. The van der Waals surface area contributed by atoms with E-state index < -0.39 is 0 Å². The number of hydrogen-bond donors (Lipinski definition) is 1. The van der Waals surface area contributed by atoms with Crippen molar-refractivity contribution in [2.45, 2.75) is 26.3 Å². The third kappa shape index (κ3) is 3.09. The molecule has 0 aliphatic carbocycles. The van der Waals surface area contributed by atoms with Crippen LogP contribution in [0.2, 0.25) is 0 Å². The maximum absolute atomic E-state index is 6.21. The van der Waals surface area contributed by atoms with Crippen LogP contribution in [0.25, 0.3) is 0 Å². The number of methoxy groups -OCH3 is 1. The normalized spacial score (nSPS) is 12.2. The second-order valence-electron chi connectivity index (χ2n) is 4.68. The first-order valence-electron chi connectivity index (χ1n) is 6.30. The van der Waals surface area contributed by atoms with Crippen molar-refractivity contribution in [3.8, 4) is 5.88 Å². The quantitative estimate of drug-likeness (QED) is 0.913. The molecule has 2 rings (SSSR count).